The van der Waals surface area contributed by atoms with Crippen molar-refractivity contribution in [2.24, 2.45) is 0 Å². The molecule has 0 spiro atoms. The Morgan fingerprint density at radius 3 is 2.43 bits per heavy atom. The van der Waals surface area contributed by atoms with Crippen molar-refractivity contribution < 1.29 is 9.59 Å². The first-order chi connectivity index (χ1) is 9.95. The van der Waals surface area contributed by atoms with Gasteiger partial charge in [-0.05, 0) is 24.3 Å². The summed E-state index contributed by atoms with van der Waals surface area (Å²) in [7, 11) is 0. The molecule has 7 heteroatoms. The molecule has 0 aliphatic heterocycles. The Bertz CT molecular complexity index is 704. The molecule has 2 aromatic rings. The van der Waals surface area contributed by atoms with Crippen LogP contribution in [0.5, 0.6) is 0 Å². The van der Waals surface area contributed by atoms with Gasteiger partial charge in [-0.15, -0.1) is 0 Å². The standard InChI is InChI=1S/C14H11Cl2N3O2/c1-8(20)18-9-3-2-4-10(5-9)19-14(21)11-6-13(16)17-7-12(11)15/h2-7H,1H3,(H,18,20)(H,19,21). The van der Waals surface area contributed by atoms with E-state index in [0.717, 1.165) is 0 Å². The predicted molar refractivity (Wildman–Crippen MR) is 83.0 cm³/mol. The topological polar surface area (TPSA) is 71.1 Å². The number of carbonyl (C=O) groups excluding carboxylic acids is 2. The maximum Gasteiger partial charge on any atom is 0.257 e. The monoisotopic (exact) mass is 323 g/mol. The Hall–Kier alpha value is -2.11. The third-order valence-electron chi connectivity index (χ3n) is 2.51. The highest BCUT2D eigenvalue weighted by Crippen LogP contribution is 2.21. The first-order valence-electron chi connectivity index (χ1n) is 5.96. The zero-order valence-corrected chi connectivity index (χ0v) is 12.5. The number of hydrogen-bond donors (Lipinski definition) is 2. The number of rotatable bonds is 3. The second-order valence-corrected chi connectivity index (χ2v) is 5.00. The second-order valence-electron chi connectivity index (χ2n) is 4.20. The summed E-state index contributed by atoms with van der Waals surface area (Å²) >= 11 is 11.7. The molecule has 0 saturated carbocycles. The Morgan fingerprint density at radius 1 is 1.10 bits per heavy atom. The zero-order valence-electron chi connectivity index (χ0n) is 11.0. The van der Waals surface area contributed by atoms with Gasteiger partial charge in [0.2, 0.25) is 5.91 Å². The van der Waals surface area contributed by atoms with Crippen molar-refractivity contribution in [3.63, 3.8) is 0 Å². The Morgan fingerprint density at radius 2 is 1.76 bits per heavy atom. The predicted octanol–water partition coefficient (Wildman–Crippen LogP) is 3.60. The van der Waals surface area contributed by atoms with Crippen LogP contribution in [-0.2, 0) is 4.79 Å². The van der Waals surface area contributed by atoms with E-state index in [0.29, 0.717) is 11.4 Å². The van der Waals surface area contributed by atoms with Gasteiger partial charge < -0.3 is 10.6 Å². The zero-order chi connectivity index (χ0) is 15.4. The van der Waals surface area contributed by atoms with Crippen LogP contribution in [0.4, 0.5) is 11.4 Å². The van der Waals surface area contributed by atoms with Crippen molar-refractivity contribution in [1.29, 1.82) is 0 Å². The fourth-order valence-electron chi connectivity index (χ4n) is 1.66. The number of nitrogens with zero attached hydrogens (tertiary/aromatic N) is 1. The van der Waals surface area contributed by atoms with Crippen LogP contribution in [0.3, 0.4) is 0 Å². The van der Waals surface area contributed by atoms with Gasteiger partial charge in [0.25, 0.3) is 5.91 Å². The summed E-state index contributed by atoms with van der Waals surface area (Å²) in [5, 5.41) is 5.69. The minimum Gasteiger partial charge on any atom is -0.326 e. The maximum atomic E-state index is 12.2. The molecule has 1 aromatic carbocycles. The summed E-state index contributed by atoms with van der Waals surface area (Å²) in [6.45, 7) is 1.41. The van der Waals surface area contributed by atoms with Gasteiger partial charge in [-0.25, -0.2) is 4.98 Å². The number of aromatic nitrogens is 1. The molecule has 0 aliphatic rings. The van der Waals surface area contributed by atoms with Crippen LogP contribution < -0.4 is 10.6 Å². The molecular formula is C14H11Cl2N3O2. The second kappa shape index (κ2) is 6.56. The molecule has 1 aromatic heterocycles. The normalized spacial score (nSPS) is 10.0. The molecule has 0 unspecified atom stereocenters. The van der Waals surface area contributed by atoms with Gasteiger partial charge in [0.15, 0.2) is 0 Å². The highest BCUT2D eigenvalue weighted by molar-refractivity contribution is 6.35. The third kappa shape index (κ3) is 4.18. The van der Waals surface area contributed by atoms with Crippen molar-refractivity contribution in [2.45, 2.75) is 6.92 Å². The summed E-state index contributed by atoms with van der Waals surface area (Å²) in [6, 6.07) is 8.14. The summed E-state index contributed by atoms with van der Waals surface area (Å²) in [4.78, 5) is 26.9. The van der Waals surface area contributed by atoms with Gasteiger partial charge in [0.05, 0.1) is 10.6 Å². The molecule has 0 radical (unpaired) electrons. The molecule has 0 atom stereocenters. The van der Waals surface area contributed by atoms with Crippen LogP contribution in [0, 0.1) is 0 Å². The number of pyridine rings is 1. The summed E-state index contributed by atoms with van der Waals surface area (Å²) in [5.41, 5.74) is 1.33. The van der Waals surface area contributed by atoms with E-state index in [-0.39, 0.29) is 21.6 Å². The molecule has 21 heavy (non-hydrogen) atoms. The highest BCUT2D eigenvalue weighted by atomic mass is 35.5. The average Bonchev–Trinajstić information content (AvgIpc) is 2.41. The Balaban J connectivity index is 2.19. The molecule has 1 heterocycles. The van der Waals surface area contributed by atoms with E-state index in [1.165, 1.54) is 19.2 Å². The summed E-state index contributed by atoms with van der Waals surface area (Å²) in [6.07, 6.45) is 1.31. The van der Waals surface area contributed by atoms with Crippen molar-refractivity contribution in [2.75, 3.05) is 10.6 Å². The number of anilines is 2. The highest BCUT2D eigenvalue weighted by Gasteiger charge is 2.12. The number of nitrogens with one attached hydrogen (secondary N) is 2. The van der Waals surface area contributed by atoms with Crippen LogP contribution in [-0.4, -0.2) is 16.8 Å². The maximum absolute atomic E-state index is 12.2. The molecule has 0 aliphatic carbocycles. The van der Waals surface area contributed by atoms with E-state index in [1.54, 1.807) is 24.3 Å². The van der Waals surface area contributed by atoms with Crippen molar-refractivity contribution in [3.05, 3.63) is 52.3 Å². The van der Waals surface area contributed by atoms with Gasteiger partial charge >= 0.3 is 0 Å². The number of hydrogen-bond acceptors (Lipinski definition) is 3. The lowest BCUT2D eigenvalue weighted by molar-refractivity contribution is -0.114. The largest absolute Gasteiger partial charge is 0.326 e. The van der Waals surface area contributed by atoms with Crippen LogP contribution in [0.15, 0.2) is 36.5 Å². The summed E-state index contributed by atoms with van der Waals surface area (Å²) in [5.74, 6) is -0.605. The molecule has 5 nitrogen and oxygen atoms in total. The molecule has 0 fully saturated rings. The minimum absolute atomic E-state index is 0.177. The van der Waals surface area contributed by atoms with E-state index < -0.39 is 5.91 Å². The lowest BCUT2D eigenvalue weighted by Crippen LogP contribution is -2.13. The van der Waals surface area contributed by atoms with Gasteiger partial charge in [-0.2, -0.15) is 0 Å². The smallest absolute Gasteiger partial charge is 0.257 e. The Labute approximate surface area is 131 Å². The summed E-state index contributed by atoms with van der Waals surface area (Å²) < 4.78 is 0. The van der Waals surface area contributed by atoms with E-state index in [1.807, 2.05) is 0 Å². The lowest BCUT2D eigenvalue weighted by Gasteiger charge is -2.09. The first kappa shape index (κ1) is 15.3. The molecule has 0 saturated heterocycles. The van der Waals surface area contributed by atoms with Gasteiger partial charge in [-0.1, -0.05) is 29.3 Å². The van der Waals surface area contributed by atoms with Crippen LogP contribution in [0.25, 0.3) is 0 Å². The Kier molecular flexibility index (Phi) is 4.77. The number of benzene rings is 1. The SMILES string of the molecule is CC(=O)Nc1cccc(NC(=O)c2cc(Cl)ncc2Cl)c1. The quantitative estimate of drug-likeness (QED) is 0.848. The molecule has 2 N–H and O–H groups in total. The fraction of sp³-hybridized carbons (Fsp3) is 0.0714. The number of halogens is 2. The molecule has 2 amide bonds. The van der Waals surface area contributed by atoms with Crippen molar-refractivity contribution >= 4 is 46.4 Å². The van der Waals surface area contributed by atoms with Gasteiger partial charge in [0, 0.05) is 24.5 Å². The van der Waals surface area contributed by atoms with Crippen molar-refractivity contribution in [3.8, 4) is 0 Å². The van der Waals surface area contributed by atoms with Gasteiger partial charge in [0.1, 0.15) is 5.15 Å². The first-order valence-corrected chi connectivity index (χ1v) is 6.71. The number of amides is 2. The van der Waals surface area contributed by atoms with Crippen molar-refractivity contribution in [1.82, 2.24) is 4.98 Å². The van der Waals surface area contributed by atoms with Crippen LogP contribution in [0.2, 0.25) is 10.2 Å². The van der Waals surface area contributed by atoms with Crippen LogP contribution in [0.1, 0.15) is 17.3 Å². The molecular weight excluding hydrogens is 313 g/mol. The number of carbonyl (C=O) groups is 2. The minimum atomic E-state index is -0.413. The van der Waals surface area contributed by atoms with Gasteiger partial charge in [-0.3, -0.25) is 9.59 Å². The molecule has 2 rings (SSSR count). The average molecular weight is 324 g/mol. The van der Waals surface area contributed by atoms with E-state index >= 15 is 0 Å². The van der Waals surface area contributed by atoms with Crippen LogP contribution >= 0.6 is 23.2 Å². The third-order valence-corrected chi connectivity index (χ3v) is 3.02. The molecule has 108 valence electrons. The fourth-order valence-corrected chi connectivity index (χ4v) is 2.01. The van der Waals surface area contributed by atoms with E-state index in [4.69, 9.17) is 23.2 Å². The molecule has 0 bridgehead atoms. The van der Waals surface area contributed by atoms with E-state index in [2.05, 4.69) is 15.6 Å². The lowest BCUT2D eigenvalue weighted by atomic mass is 10.2. The van der Waals surface area contributed by atoms with E-state index in [9.17, 15) is 9.59 Å².